The van der Waals surface area contributed by atoms with Crippen molar-refractivity contribution in [2.75, 3.05) is 11.0 Å². The fourth-order valence-electron chi connectivity index (χ4n) is 2.77. The lowest BCUT2D eigenvalue weighted by Gasteiger charge is -2.13. The molecule has 0 saturated heterocycles. The number of hydrogen-bond acceptors (Lipinski definition) is 4. The Morgan fingerprint density at radius 1 is 1.21 bits per heavy atom. The average molecular weight is 340 g/mol. The Hall–Kier alpha value is -2.85. The molecule has 1 unspecified atom stereocenters. The highest BCUT2D eigenvalue weighted by molar-refractivity contribution is 7.92. The standard InChI is InChI=1S/C17H16N4O2S/c1-24(22,23)21-15-9-5-8-14-16(19-20-17(14)15)13(10-11-18)12-6-3-2-4-7-12/h2-9,13,21H,10H2,1H3,(H,19,20). The van der Waals surface area contributed by atoms with Gasteiger partial charge in [0.1, 0.15) is 5.52 Å². The first-order valence-electron chi connectivity index (χ1n) is 7.36. The van der Waals surface area contributed by atoms with E-state index in [1.54, 1.807) is 12.1 Å². The molecular weight excluding hydrogens is 324 g/mol. The number of anilines is 1. The molecule has 0 bridgehead atoms. The zero-order valence-electron chi connectivity index (χ0n) is 13.0. The van der Waals surface area contributed by atoms with Gasteiger partial charge in [0.05, 0.1) is 23.7 Å². The molecule has 2 N–H and O–H groups in total. The van der Waals surface area contributed by atoms with Crippen LogP contribution in [0, 0.1) is 11.3 Å². The molecule has 2 aromatic carbocycles. The topological polar surface area (TPSA) is 98.6 Å². The van der Waals surface area contributed by atoms with Crippen LogP contribution in [0.1, 0.15) is 23.6 Å². The van der Waals surface area contributed by atoms with Gasteiger partial charge in [-0.05, 0) is 11.6 Å². The maximum Gasteiger partial charge on any atom is 0.229 e. The van der Waals surface area contributed by atoms with Gasteiger partial charge in [0.25, 0.3) is 0 Å². The van der Waals surface area contributed by atoms with Crippen LogP contribution in [0.15, 0.2) is 48.5 Å². The average Bonchev–Trinajstić information content (AvgIpc) is 2.97. The largest absolute Gasteiger partial charge is 0.281 e. The lowest BCUT2D eigenvalue weighted by atomic mass is 9.91. The monoisotopic (exact) mass is 340 g/mol. The molecule has 24 heavy (non-hydrogen) atoms. The number of hydrogen-bond donors (Lipinski definition) is 2. The normalized spacial score (nSPS) is 12.7. The predicted molar refractivity (Wildman–Crippen MR) is 93.1 cm³/mol. The first kappa shape index (κ1) is 16.0. The third-order valence-electron chi connectivity index (χ3n) is 3.76. The van der Waals surface area contributed by atoms with Gasteiger partial charge in [-0.3, -0.25) is 9.82 Å². The van der Waals surface area contributed by atoms with E-state index in [0.717, 1.165) is 22.9 Å². The number of aromatic amines is 1. The van der Waals surface area contributed by atoms with Crippen molar-refractivity contribution >= 4 is 26.6 Å². The van der Waals surface area contributed by atoms with E-state index < -0.39 is 10.0 Å². The van der Waals surface area contributed by atoms with Crippen molar-refractivity contribution in [3.63, 3.8) is 0 Å². The third kappa shape index (κ3) is 3.24. The molecule has 0 aliphatic heterocycles. The molecule has 1 atom stereocenters. The van der Waals surface area contributed by atoms with Crippen molar-refractivity contribution in [2.24, 2.45) is 0 Å². The first-order chi connectivity index (χ1) is 11.5. The molecule has 3 aromatic rings. The van der Waals surface area contributed by atoms with Crippen LogP contribution in [0.5, 0.6) is 0 Å². The van der Waals surface area contributed by atoms with Crippen LogP contribution in [-0.4, -0.2) is 24.9 Å². The van der Waals surface area contributed by atoms with E-state index in [1.807, 2.05) is 36.4 Å². The van der Waals surface area contributed by atoms with Crippen LogP contribution < -0.4 is 4.72 Å². The first-order valence-corrected chi connectivity index (χ1v) is 9.25. The Balaban J connectivity index is 2.13. The number of nitriles is 1. The van der Waals surface area contributed by atoms with Gasteiger partial charge < -0.3 is 0 Å². The van der Waals surface area contributed by atoms with Crippen molar-refractivity contribution < 1.29 is 8.42 Å². The summed E-state index contributed by atoms with van der Waals surface area (Å²) >= 11 is 0. The molecular formula is C17H16N4O2S. The third-order valence-corrected chi connectivity index (χ3v) is 4.35. The number of rotatable bonds is 5. The van der Waals surface area contributed by atoms with Gasteiger partial charge in [-0.2, -0.15) is 10.4 Å². The molecule has 1 heterocycles. The van der Waals surface area contributed by atoms with E-state index in [-0.39, 0.29) is 5.92 Å². The van der Waals surface area contributed by atoms with E-state index in [1.165, 1.54) is 0 Å². The Morgan fingerprint density at radius 3 is 2.62 bits per heavy atom. The lowest BCUT2D eigenvalue weighted by molar-refractivity contribution is 0.607. The minimum atomic E-state index is -3.40. The number of fused-ring (bicyclic) bond motifs is 1. The Bertz CT molecular complexity index is 1000. The molecule has 122 valence electrons. The van der Waals surface area contributed by atoms with Crippen molar-refractivity contribution in [3.8, 4) is 6.07 Å². The predicted octanol–water partition coefficient (Wildman–Crippen LogP) is 2.98. The number of nitrogens with zero attached hydrogens (tertiary/aromatic N) is 2. The highest BCUT2D eigenvalue weighted by Crippen LogP contribution is 2.33. The number of aromatic nitrogens is 2. The summed E-state index contributed by atoms with van der Waals surface area (Å²) in [6.07, 6.45) is 1.40. The fourth-order valence-corrected chi connectivity index (χ4v) is 3.33. The summed E-state index contributed by atoms with van der Waals surface area (Å²) in [5.41, 5.74) is 2.76. The second-order valence-electron chi connectivity index (χ2n) is 5.54. The van der Waals surface area contributed by atoms with Crippen LogP contribution in [-0.2, 0) is 10.0 Å². The molecule has 7 heteroatoms. The Kier molecular flexibility index (Phi) is 4.23. The van der Waals surface area contributed by atoms with Crippen LogP contribution in [0.2, 0.25) is 0 Å². The maximum absolute atomic E-state index is 11.5. The summed E-state index contributed by atoms with van der Waals surface area (Å²) in [7, 11) is -3.40. The Morgan fingerprint density at radius 2 is 1.96 bits per heavy atom. The van der Waals surface area contributed by atoms with E-state index in [4.69, 9.17) is 0 Å². The second kappa shape index (κ2) is 6.34. The van der Waals surface area contributed by atoms with Crippen molar-refractivity contribution in [3.05, 3.63) is 59.8 Å². The molecule has 0 radical (unpaired) electrons. The summed E-state index contributed by atoms with van der Waals surface area (Å²) in [5, 5.41) is 17.3. The van der Waals surface area contributed by atoms with Crippen LogP contribution in [0.4, 0.5) is 5.69 Å². The van der Waals surface area contributed by atoms with Crippen LogP contribution in [0.3, 0.4) is 0 Å². The minimum Gasteiger partial charge on any atom is -0.281 e. The SMILES string of the molecule is CS(=O)(=O)Nc1cccc2c(C(CC#N)c3ccccc3)[nH]nc12. The summed E-state index contributed by atoms with van der Waals surface area (Å²) in [6, 6.07) is 17.2. The van der Waals surface area contributed by atoms with Crippen LogP contribution in [0.25, 0.3) is 10.9 Å². The van der Waals surface area contributed by atoms with Gasteiger partial charge in [0, 0.05) is 17.7 Å². The zero-order chi connectivity index (χ0) is 17.2. The van der Waals surface area contributed by atoms with Gasteiger partial charge in [0.15, 0.2) is 0 Å². The van der Waals surface area contributed by atoms with E-state index in [0.29, 0.717) is 17.6 Å². The summed E-state index contributed by atoms with van der Waals surface area (Å²) in [4.78, 5) is 0. The second-order valence-corrected chi connectivity index (χ2v) is 7.29. The zero-order valence-corrected chi connectivity index (χ0v) is 13.8. The lowest BCUT2D eigenvalue weighted by Crippen LogP contribution is -2.09. The van der Waals surface area contributed by atoms with E-state index in [9.17, 15) is 13.7 Å². The molecule has 0 fully saturated rings. The number of sulfonamides is 1. The summed E-state index contributed by atoms with van der Waals surface area (Å²) < 4.78 is 25.5. The van der Waals surface area contributed by atoms with Crippen molar-refractivity contribution in [1.29, 1.82) is 5.26 Å². The van der Waals surface area contributed by atoms with Crippen LogP contribution >= 0.6 is 0 Å². The highest BCUT2D eigenvalue weighted by atomic mass is 32.2. The molecule has 0 spiro atoms. The highest BCUT2D eigenvalue weighted by Gasteiger charge is 2.20. The molecule has 0 aliphatic carbocycles. The molecule has 3 rings (SSSR count). The number of nitrogens with one attached hydrogen (secondary N) is 2. The number of para-hydroxylation sites is 1. The summed E-state index contributed by atoms with van der Waals surface area (Å²) in [6.45, 7) is 0. The van der Waals surface area contributed by atoms with E-state index in [2.05, 4.69) is 21.0 Å². The number of H-pyrrole nitrogens is 1. The molecule has 6 nitrogen and oxygen atoms in total. The fraction of sp³-hybridized carbons (Fsp3) is 0.176. The van der Waals surface area contributed by atoms with E-state index >= 15 is 0 Å². The smallest absolute Gasteiger partial charge is 0.229 e. The minimum absolute atomic E-state index is 0.158. The summed E-state index contributed by atoms with van der Waals surface area (Å²) in [5.74, 6) is -0.158. The molecule has 1 aromatic heterocycles. The quantitative estimate of drug-likeness (QED) is 0.746. The van der Waals surface area contributed by atoms with Gasteiger partial charge in [-0.25, -0.2) is 8.42 Å². The molecule has 0 amide bonds. The Labute approximate surface area is 140 Å². The van der Waals surface area contributed by atoms with Crippen molar-refractivity contribution in [2.45, 2.75) is 12.3 Å². The maximum atomic E-state index is 11.5. The van der Waals surface area contributed by atoms with Gasteiger partial charge in [0.2, 0.25) is 10.0 Å². The van der Waals surface area contributed by atoms with Gasteiger partial charge >= 0.3 is 0 Å². The van der Waals surface area contributed by atoms with Gasteiger partial charge in [-0.1, -0.05) is 42.5 Å². The molecule has 0 aliphatic rings. The van der Waals surface area contributed by atoms with Crippen molar-refractivity contribution in [1.82, 2.24) is 10.2 Å². The number of benzene rings is 2. The molecule has 0 saturated carbocycles. The van der Waals surface area contributed by atoms with Gasteiger partial charge in [-0.15, -0.1) is 0 Å².